The summed E-state index contributed by atoms with van der Waals surface area (Å²) in [5.41, 5.74) is 4.17. The molecule has 0 saturated carbocycles. The van der Waals surface area contributed by atoms with Crippen LogP contribution in [0.4, 0.5) is 0 Å². The number of aromatic amines is 1. The van der Waals surface area contributed by atoms with E-state index < -0.39 is 0 Å². The van der Waals surface area contributed by atoms with Gasteiger partial charge in [0.1, 0.15) is 0 Å². The van der Waals surface area contributed by atoms with E-state index in [9.17, 15) is 4.79 Å². The Morgan fingerprint density at radius 2 is 2.00 bits per heavy atom. The fraction of sp³-hybridized carbons (Fsp3) is 0.500. The number of aryl methyl sites for hydroxylation is 4. The largest absolute Gasteiger partial charge is 0.351 e. The maximum absolute atomic E-state index is 11.9. The lowest BCUT2D eigenvalue weighted by Crippen LogP contribution is -2.23. The van der Waals surface area contributed by atoms with E-state index >= 15 is 0 Å². The number of aromatic nitrogens is 3. The zero-order valence-corrected chi connectivity index (χ0v) is 13.1. The molecule has 2 heterocycles. The lowest BCUT2D eigenvalue weighted by Gasteiger charge is -2.04. The predicted molar refractivity (Wildman–Crippen MR) is 79.8 cm³/mol. The third-order valence-electron chi connectivity index (χ3n) is 3.33. The van der Waals surface area contributed by atoms with Crippen LogP contribution < -0.4 is 5.32 Å². The van der Waals surface area contributed by atoms with Crippen LogP contribution in [-0.2, 0) is 17.8 Å². The van der Waals surface area contributed by atoms with Crippen LogP contribution in [0.1, 0.15) is 39.0 Å². The van der Waals surface area contributed by atoms with Crippen molar-refractivity contribution in [2.24, 2.45) is 0 Å². The fourth-order valence-electron chi connectivity index (χ4n) is 2.19. The molecular formula is C14H20N4OS. The molecule has 0 bridgehead atoms. The Hall–Kier alpha value is -1.69. The summed E-state index contributed by atoms with van der Waals surface area (Å²) in [7, 11) is 0. The summed E-state index contributed by atoms with van der Waals surface area (Å²) in [6.45, 7) is 8.47. The zero-order valence-electron chi connectivity index (χ0n) is 12.3. The molecule has 6 heteroatoms. The highest BCUT2D eigenvalue weighted by Crippen LogP contribution is 2.17. The van der Waals surface area contributed by atoms with Crippen molar-refractivity contribution in [1.29, 1.82) is 0 Å². The highest BCUT2D eigenvalue weighted by atomic mass is 32.1. The quantitative estimate of drug-likeness (QED) is 0.888. The Labute approximate surface area is 122 Å². The van der Waals surface area contributed by atoms with Gasteiger partial charge in [-0.2, -0.15) is 5.10 Å². The van der Waals surface area contributed by atoms with Crippen LogP contribution in [0.2, 0.25) is 0 Å². The number of hydrogen-bond donors (Lipinski definition) is 2. The molecule has 0 spiro atoms. The molecule has 0 aliphatic heterocycles. The zero-order chi connectivity index (χ0) is 14.7. The fourth-order valence-corrected chi connectivity index (χ4v) is 3.06. The predicted octanol–water partition coefficient (Wildman–Crippen LogP) is 2.35. The summed E-state index contributed by atoms with van der Waals surface area (Å²) in [5, 5.41) is 11.1. The van der Waals surface area contributed by atoms with Gasteiger partial charge in [0.15, 0.2) is 0 Å². The lowest BCUT2D eigenvalue weighted by atomic mass is 10.1. The maximum Gasteiger partial charge on any atom is 0.220 e. The lowest BCUT2D eigenvalue weighted by molar-refractivity contribution is -0.121. The van der Waals surface area contributed by atoms with Crippen molar-refractivity contribution in [2.45, 2.75) is 47.1 Å². The van der Waals surface area contributed by atoms with Gasteiger partial charge in [-0.25, -0.2) is 4.98 Å². The molecule has 0 aliphatic rings. The molecule has 0 fully saturated rings. The summed E-state index contributed by atoms with van der Waals surface area (Å²) in [6, 6.07) is 0. The molecule has 0 atom stereocenters. The van der Waals surface area contributed by atoms with Crippen molar-refractivity contribution in [3.63, 3.8) is 0 Å². The Kier molecular flexibility index (Phi) is 4.54. The third-order valence-corrected chi connectivity index (χ3v) is 4.40. The number of carbonyl (C=O) groups is 1. The molecule has 0 radical (unpaired) electrons. The van der Waals surface area contributed by atoms with Crippen molar-refractivity contribution in [1.82, 2.24) is 20.5 Å². The van der Waals surface area contributed by atoms with E-state index in [1.807, 2.05) is 27.7 Å². The molecule has 108 valence electrons. The van der Waals surface area contributed by atoms with Crippen molar-refractivity contribution in [3.05, 3.63) is 32.5 Å². The van der Waals surface area contributed by atoms with Crippen molar-refractivity contribution >= 4 is 17.2 Å². The summed E-state index contributed by atoms with van der Waals surface area (Å²) in [4.78, 5) is 17.4. The first-order valence-corrected chi connectivity index (χ1v) is 7.49. The van der Waals surface area contributed by atoms with Crippen molar-refractivity contribution < 1.29 is 4.79 Å². The van der Waals surface area contributed by atoms with E-state index in [0.717, 1.165) is 39.0 Å². The Morgan fingerprint density at radius 1 is 1.25 bits per heavy atom. The molecule has 1 amide bonds. The van der Waals surface area contributed by atoms with Crippen LogP contribution in [0.5, 0.6) is 0 Å². The van der Waals surface area contributed by atoms with Gasteiger partial charge in [-0.1, -0.05) is 0 Å². The standard InChI is InChI=1S/C14H20N4OS/c1-8-12(9(2)18-17-8)5-6-14(19)15-7-13-10(3)16-11(4)20-13/h5-7H2,1-4H3,(H,15,19)(H,17,18). The first-order chi connectivity index (χ1) is 9.47. The SMILES string of the molecule is Cc1nc(C)c(CNC(=O)CCc2c(C)n[nH]c2C)s1. The van der Waals surface area contributed by atoms with Gasteiger partial charge in [0, 0.05) is 17.0 Å². The summed E-state index contributed by atoms with van der Waals surface area (Å²) < 4.78 is 0. The van der Waals surface area contributed by atoms with Crippen LogP contribution >= 0.6 is 11.3 Å². The average molecular weight is 292 g/mol. The van der Waals surface area contributed by atoms with Gasteiger partial charge < -0.3 is 5.32 Å². The maximum atomic E-state index is 11.9. The van der Waals surface area contributed by atoms with Gasteiger partial charge >= 0.3 is 0 Å². The normalized spacial score (nSPS) is 10.8. The molecule has 20 heavy (non-hydrogen) atoms. The van der Waals surface area contributed by atoms with Crippen LogP contribution in [-0.4, -0.2) is 21.1 Å². The number of H-pyrrole nitrogens is 1. The molecule has 5 nitrogen and oxygen atoms in total. The van der Waals surface area contributed by atoms with Crippen LogP contribution in [0, 0.1) is 27.7 Å². The molecule has 0 saturated heterocycles. The first kappa shape index (κ1) is 14.7. The Bertz CT molecular complexity index is 595. The highest BCUT2D eigenvalue weighted by molar-refractivity contribution is 7.11. The Balaban J connectivity index is 1.83. The van der Waals surface area contributed by atoms with Crippen molar-refractivity contribution in [2.75, 3.05) is 0 Å². The molecular weight excluding hydrogens is 272 g/mol. The minimum atomic E-state index is 0.0652. The van der Waals surface area contributed by atoms with Crippen LogP contribution in [0.15, 0.2) is 0 Å². The molecule has 2 aromatic rings. The number of thiazole rings is 1. The summed E-state index contributed by atoms with van der Waals surface area (Å²) >= 11 is 1.64. The smallest absolute Gasteiger partial charge is 0.220 e. The van der Waals surface area contributed by atoms with E-state index in [1.54, 1.807) is 11.3 Å². The monoisotopic (exact) mass is 292 g/mol. The van der Waals surface area contributed by atoms with Gasteiger partial charge in [-0.3, -0.25) is 9.89 Å². The van der Waals surface area contributed by atoms with E-state index in [0.29, 0.717) is 13.0 Å². The average Bonchev–Trinajstić information content (AvgIpc) is 2.88. The molecule has 2 rings (SSSR count). The number of amides is 1. The number of carbonyl (C=O) groups excluding carboxylic acids is 1. The minimum Gasteiger partial charge on any atom is -0.351 e. The second kappa shape index (κ2) is 6.17. The highest BCUT2D eigenvalue weighted by Gasteiger charge is 2.10. The van der Waals surface area contributed by atoms with E-state index in [4.69, 9.17) is 0 Å². The van der Waals surface area contributed by atoms with Gasteiger partial charge in [0.25, 0.3) is 0 Å². The molecule has 0 unspecified atom stereocenters. The molecule has 0 aliphatic carbocycles. The number of nitrogens with zero attached hydrogens (tertiary/aromatic N) is 2. The van der Waals surface area contributed by atoms with Gasteiger partial charge in [0.2, 0.25) is 5.91 Å². The third kappa shape index (κ3) is 3.45. The Morgan fingerprint density at radius 3 is 2.55 bits per heavy atom. The number of hydrogen-bond acceptors (Lipinski definition) is 4. The van der Waals surface area contributed by atoms with Gasteiger partial charge in [-0.15, -0.1) is 11.3 Å². The van der Waals surface area contributed by atoms with Crippen molar-refractivity contribution in [3.8, 4) is 0 Å². The molecule has 2 aromatic heterocycles. The van der Waals surface area contributed by atoms with E-state index in [1.165, 1.54) is 0 Å². The molecule has 2 N–H and O–H groups in total. The first-order valence-electron chi connectivity index (χ1n) is 6.67. The van der Waals surface area contributed by atoms with E-state index in [-0.39, 0.29) is 5.91 Å². The van der Waals surface area contributed by atoms with E-state index in [2.05, 4.69) is 20.5 Å². The second-order valence-electron chi connectivity index (χ2n) is 4.93. The number of rotatable bonds is 5. The van der Waals surface area contributed by atoms with Gasteiger partial charge in [-0.05, 0) is 39.7 Å². The summed E-state index contributed by atoms with van der Waals surface area (Å²) in [6.07, 6.45) is 1.21. The molecule has 0 aromatic carbocycles. The second-order valence-corrected chi connectivity index (χ2v) is 6.22. The number of nitrogens with one attached hydrogen (secondary N) is 2. The van der Waals surface area contributed by atoms with Gasteiger partial charge in [0.05, 0.1) is 22.9 Å². The minimum absolute atomic E-state index is 0.0652. The topological polar surface area (TPSA) is 70.7 Å². The summed E-state index contributed by atoms with van der Waals surface area (Å²) in [5.74, 6) is 0.0652. The van der Waals surface area contributed by atoms with Crippen LogP contribution in [0.25, 0.3) is 0 Å². The van der Waals surface area contributed by atoms with Crippen LogP contribution in [0.3, 0.4) is 0 Å².